The van der Waals surface area contributed by atoms with Gasteiger partial charge in [-0.05, 0) is 30.3 Å². The number of rotatable bonds is 4. The summed E-state index contributed by atoms with van der Waals surface area (Å²) in [5, 5.41) is 10.7. The van der Waals surface area contributed by atoms with Gasteiger partial charge < -0.3 is 5.32 Å². The first kappa shape index (κ1) is 19.8. The summed E-state index contributed by atoms with van der Waals surface area (Å²) < 4.78 is 39.9. The largest absolute Gasteiger partial charge is 0.324 e. The highest BCUT2D eigenvalue weighted by Gasteiger charge is 2.55. The average molecular weight is 438 g/mol. The lowest BCUT2D eigenvalue weighted by Crippen LogP contribution is -2.43. The Morgan fingerprint density at radius 3 is 2.47 bits per heavy atom. The van der Waals surface area contributed by atoms with Gasteiger partial charge in [0.2, 0.25) is 5.91 Å². The fraction of sp³-hybridized carbons (Fsp3) is 0.167. The number of nitrogens with zero attached hydrogens (tertiary/aromatic N) is 4. The number of carbonyl (C=O) groups is 3. The molecule has 1 N–H and O–H groups in total. The Kier molecular flexibility index (Phi) is 4.90. The van der Waals surface area contributed by atoms with Gasteiger partial charge in [0, 0.05) is 11.8 Å². The fourth-order valence-electron chi connectivity index (χ4n) is 3.15. The third-order valence-corrected chi connectivity index (χ3v) is 4.82. The van der Waals surface area contributed by atoms with Crippen LogP contribution in [0.1, 0.15) is 0 Å². The summed E-state index contributed by atoms with van der Waals surface area (Å²) in [5.41, 5.74) is 0.0650. The van der Waals surface area contributed by atoms with Crippen molar-refractivity contribution in [1.29, 1.82) is 0 Å². The molecule has 12 heteroatoms. The predicted octanol–water partition coefficient (Wildman–Crippen LogP) is 2.69. The van der Waals surface area contributed by atoms with E-state index in [2.05, 4.69) is 15.7 Å². The molecular formula is C18H11ClF3N5O3. The van der Waals surface area contributed by atoms with Gasteiger partial charge in [-0.25, -0.2) is 18.1 Å². The van der Waals surface area contributed by atoms with Crippen molar-refractivity contribution in [3.05, 3.63) is 58.9 Å². The Hall–Kier alpha value is -3.47. The SMILES string of the molecule is O=C(CN1N=N[C@H]2C(=O)N(c3ccc(F)c(F)c3)C(=O)[C@@H]21)Nc1ccc(F)c(Cl)c1. The molecule has 0 spiro atoms. The first-order chi connectivity index (χ1) is 14.3. The number of amides is 3. The van der Waals surface area contributed by atoms with Crippen LogP contribution in [-0.4, -0.2) is 41.4 Å². The molecule has 2 aliphatic heterocycles. The van der Waals surface area contributed by atoms with Crippen molar-refractivity contribution in [2.75, 3.05) is 16.8 Å². The number of carbonyl (C=O) groups excluding carboxylic acids is 3. The van der Waals surface area contributed by atoms with Crippen LogP contribution in [0.3, 0.4) is 0 Å². The minimum Gasteiger partial charge on any atom is -0.324 e. The molecule has 2 aromatic carbocycles. The van der Waals surface area contributed by atoms with Crippen LogP contribution in [0, 0.1) is 17.5 Å². The van der Waals surface area contributed by atoms with E-state index < -0.39 is 53.8 Å². The van der Waals surface area contributed by atoms with Gasteiger partial charge >= 0.3 is 0 Å². The molecule has 2 aromatic rings. The molecule has 0 aromatic heterocycles. The van der Waals surface area contributed by atoms with Gasteiger partial charge in [0.1, 0.15) is 12.4 Å². The lowest BCUT2D eigenvalue weighted by molar-refractivity contribution is -0.123. The summed E-state index contributed by atoms with van der Waals surface area (Å²) in [7, 11) is 0. The lowest BCUT2D eigenvalue weighted by Gasteiger charge is -2.20. The Morgan fingerprint density at radius 2 is 1.77 bits per heavy atom. The minimum atomic E-state index is -1.22. The van der Waals surface area contributed by atoms with Crippen LogP contribution in [0.4, 0.5) is 24.5 Å². The second kappa shape index (κ2) is 7.41. The van der Waals surface area contributed by atoms with Crippen LogP contribution in [-0.2, 0) is 14.4 Å². The third kappa shape index (κ3) is 3.36. The number of imide groups is 1. The van der Waals surface area contributed by atoms with Gasteiger partial charge in [0.15, 0.2) is 23.7 Å². The predicted molar refractivity (Wildman–Crippen MR) is 98.0 cm³/mol. The highest BCUT2D eigenvalue weighted by molar-refractivity contribution is 6.31. The average Bonchev–Trinajstić information content (AvgIpc) is 3.21. The van der Waals surface area contributed by atoms with Gasteiger partial charge in [0.05, 0.1) is 10.7 Å². The molecule has 0 bridgehead atoms. The molecule has 1 saturated heterocycles. The number of hydrogen-bond acceptors (Lipinski definition) is 6. The van der Waals surface area contributed by atoms with E-state index in [1.807, 2.05) is 0 Å². The Labute approximate surface area is 171 Å². The zero-order chi connectivity index (χ0) is 21.6. The van der Waals surface area contributed by atoms with Crippen molar-refractivity contribution in [2.24, 2.45) is 10.3 Å². The molecule has 30 heavy (non-hydrogen) atoms. The Bertz CT molecular complexity index is 1110. The summed E-state index contributed by atoms with van der Waals surface area (Å²) in [4.78, 5) is 38.3. The van der Waals surface area contributed by atoms with Crippen LogP contribution in [0.5, 0.6) is 0 Å². The second-order valence-corrected chi connectivity index (χ2v) is 6.89. The molecule has 8 nitrogen and oxygen atoms in total. The van der Waals surface area contributed by atoms with Crippen LogP contribution in [0.25, 0.3) is 0 Å². The highest BCUT2D eigenvalue weighted by Crippen LogP contribution is 2.32. The van der Waals surface area contributed by atoms with Crippen LogP contribution in [0.2, 0.25) is 5.02 Å². The first-order valence-electron chi connectivity index (χ1n) is 8.51. The fourth-order valence-corrected chi connectivity index (χ4v) is 3.33. The van der Waals surface area contributed by atoms with E-state index in [4.69, 9.17) is 11.6 Å². The van der Waals surface area contributed by atoms with Crippen LogP contribution < -0.4 is 10.2 Å². The summed E-state index contributed by atoms with van der Waals surface area (Å²) in [5.74, 6) is -5.17. The van der Waals surface area contributed by atoms with Crippen LogP contribution >= 0.6 is 11.6 Å². The van der Waals surface area contributed by atoms with Crippen molar-refractivity contribution in [1.82, 2.24) is 5.01 Å². The Balaban J connectivity index is 1.49. The monoisotopic (exact) mass is 437 g/mol. The Morgan fingerprint density at radius 1 is 1.03 bits per heavy atom. The van der Waals surface area contributed by atoms with Gasteiger partial charge in [-0.1, -0.05) is 16.8 Å². The molecule has 154 valence electrons. The summed E-state index contributed by atoms with van der Waals surface area (Å²) in [6, 6.07) is 3.76. The number of fused-ring (bicyclic) bond motifs is 1. The van der Waals surface area contributed by atoms with Crippen molar-refractivity contribution in [3.63, 3.8) is 0 Å². The van der Waals surface area contributed by atoms with Gasteiger partial charge in [-0.15, -0.1) is 0 Å². The number of halogens is 4. The van der Waals surface area contributed by atoms with E-state index in [0.717, 1.165) is 29.3 Å². The highest BCUT2D eigenvalue weighted by atomic mass is 35.5. The van der Waals surface area contributed by atoms with E-state index >= 15 is 0 Å². The molecule has 0 aliphatic carbocycles. The molecule has 2 heterocycles. The third-order valence-electron chi connectivity index (χ3n) is 4.53. The normalized spacial score (nSPS) is 20.1. The van der Waals surface area contributed by atoms with Gasteiger partial charge in [0.25, 0.3) is 11.8 Å². The number of hydrogen-bond donors (Lipinski definition) is 1. The molecule has 3 amide bonds. The number of benzene rings is 2. The zero-order valence-corrected chi connectivity index (χ0v) is 15.6. The lowest BCUT2D eigenvalue weighted by atomic mass is 10.1. The molecule has 1 fully saturated rings. The van der Waals surface area contributed by atoms with E-state index in [-0.39, 0.29) is 16.4 Å². The van der Waals surface area contributed by atoms with Crippen molar-refractivity contribution >= 4 is 40.7 Å². The molecule has 2 atom stereocenters. The summed E-state index contributed by atoms with van der Waals surface area (Å²) >= 11 is 5.66. The maximum absolute atomic E-state index is 13.5. The molecule has 0 saturated carbocycles. The maximum atomic E-state index is 13.5. The van der Waals surface area contributed by atoms with E-state index in [1.54, 1.807) is 0 Å². The first-order valence-corrected chi connectivity index (χ1v) is 8.89. The topological polar surface area (TPSA) is 94.4 Å². The van der Waals surface area contributed by atoms with E-state index in [9.17, 15) is 27.6 Å². The quantitative estimate of drug-likeness (QED) is 0.744. The van der Waals surface area contributed by atoms with Gasteiger partial charge in [-0.2, -0.15) is 5.11 Å². The van der Waals surface area contributed by atoms with Gasteiger partial charge in [-0.3, -0.25) is 19.4 Å². The smallest absolute Gasteiger partial charge is 0.263 e. The number of nitrogens with one attached hydrogen (secondary N) is 1. The maximum Gasteiger partial charge on any atom is 0.263 e. The van der Waals surface area contributed by atoms with Crippen molar-refractivity contribution in [3.8, 4) is 0 Å². The molecule has 4 rings (SSSR count). The molecule has 2 aliphatic rings. The number of anilines is 2. The summed E-state index contributed by atoms with van der Waals surface area (Å²) in [6.45, 7) is -0.440. The second-order valence-electron chi connectivity index (χ2n) is 6.48. The molecule has 0 unspecified atom stereocenters. The summed E-state index contributed by atoms with van der Waals surface area (Å²) in [6.07, 6.45) is 0. The minimum absolute atomic E-state index is 0.154. The standard InChI is InChI=1S/C18H11ClF3N5O3/c19-10-5-8(1-3-11(10)20)23-14(28)7-26-16-15(24-25-26)17(29)27(18(16)30)9-2-4-12(21)13(22)6-9/h1-6,15-16H,7H2,(H,23,28)/t15-,16-/m1/s1. The van der Waals surface area contributed by atoms with Crippen LogP contribution in [0.15, 0.2) is 46.7 Å². The van der Waals surface area contributed by atoms with E-state index in [1.165, 1.54) is 12.1 Å². The molecular weight excluding hydrogens is 427 g/mol. The van der Waals surface area contributed by atoms with Crippen molar-refractivity contribution < 1.29 is 27.6 Å². The zero-order valence-electron chi connectivity index (χ0n) is 14.9. The molecule has 0 radical (unpaired) electrons. The van der Waals surface area contributed by atoms with Crippen molar-refractivity contribution in [2.45, 2.75) is 12.1 Å². The van der Waals surface area contributed by atoms with E-state index in [0.29, 0.717) is 4.90 Å².